The fourth-order valence-corrected chi connectivity index (χ4v) is 7.10. The van der Waals surface area contributed by atoms with Gasteiger partial charge in [-0.25, -0.2) is 0 Å². The fourth-order valence-electron chi connectivity index (χ4n) is 7.10. The van der Waals surface area contributed by atoms with Gasteiger partial charge in [-0.15, -0.1) is 0 Å². The SMILES string of the molecule is CO[C@@H]1CC(C)(C)C(/C=C/C(C)=C/C=C/C(C)=C/C=C/C=C(C)/C=C/C=C(\C)C2=C[C@H]3C(C)(C)C[C@H](O)C[C@@]3(C)O2)=C1C(C)=O. The molecule has 0 aromatic rings. The van der Waals surface area contributed by atoms with Crippen LogP contribution in [0.1, 0.15) is 88.5 Å². The van der Waals surface area contributed by atoms with Gasteiger partial charge in [0.1, 0.15) is 11.4 Å². The molecule has 0 radical (unpaired) electrons. The molecule has 1 aliphatic heterocycles. The van der Waals surface area contributed by atoms with Crippen LogP contribution in [0.5, 0.6) is 0 Å². The monoisotopic (exact) mass is 612 g/mol. The van der Waals surface area contributed by atoms with Gasteiger partial charge >= 0.3 is 0 Å². The molecule has 0 amide bonds. The molecule has 1 heterocycles. The highest BCUT2D eigenvalue weighted by atomic mass is 16.5. The van der Waals surface area contributed by atoms with Crippen molar-refractivity contribution < 1.29 is 19.4 Å². The molecule has 244 valence electrons. The number of ketones is 1. The predicted octanol–water partition coefficient (Wildman–Crippen LogP) is 9.80. The summed E-state index contributed by atoms with van der Waals surface area (Å²) in [6, 6.07) is 0. The average molecular weight is 613 g/mol. The van der Waals surface area contributed by atoms with Crippen LogP contribution in [-0.4, -0.2) is 35.8 Å². The molecular weight excluding hydrogens is 556 g/mol. The second kappa shape index (κ2) is 14.9. The van der Waals surface area contributed by atoms with Crippen molar-refractivity contribution in [2.24, 2.45) is 16.7 Å². The molecule has 4 nitrogen and oxygen atoms in total. The highest BCUT2D eigenvalue weighted by molar-refractivity contribution is 5.96. The summed E-state index contributed by atoms with van der Waals surface area (Å²) in [5.74, 6) is 1.31. The van der Waals surface area contributed by atoms with Crippen molar-refractivity contribution in [3.8, 4) is 0 Å². The lowest BCUT2D eigenvalue weighted by Gasteiger charge is -2.47. The highest BCUT2D eigenvalue weighted by Gasteiger charge is 2.53. The molecule has 4 heteroatoms. The van der Waals surface area contributed by atoms with Gasteiger partial charge in [0.25, 0.3) is 0 Å². The van der Waals surface area contributed by atoms with Crippen LogP contribution in [0.4, 0.5) is 0 Å². The van der Waals surface area contributed by atoms with Gasteiger partial charge in [0.05, 0.1) is 12.2 Å². The molecule has 45 heavy (non-hydrogen) atoms. The molecule has 3 aliphatic rings. The van der Waals surface area contributed by atoms with Crippen molar-refractivity contribution >= 4 is 5.78 Å². The third-order valence-electron chi connectivity index (χ3n) is 9.42. The van der Waals surface area contributed by atoms with Crippen LogP contribution in [-0.2, 0) is 14.3 Å². The second-order valence-corrected chi connectivity index (χ2v) is 14.7. The molecule has 3 rings (SSSR count). The summed E-state index contributed by atoms with van der Waals surface area (Å²) in [4.78, 5) is 12.3. The normalized spacial score (nSPS) is 29.4. The van der Waals surface area contributed by atoms with Crippen LogP contribution in [0.15, 0.2) is 118 Å². The van der Waals surface area contributed by atoms with E-state index in [9.17, 15) is 9.90 Å². The van der Waals surface area contributed by atoms with Crippen LogP contribution < -0.4 is 0 Å². The molecule has 0 spiro atoms. The van der Waals surface area contributed by atoms with Crippen molar-refractivity contribution in [2.75, 3.05) is 7.11 Å². The van der Waals surface area contributed by atoms with Gasteiger partial charge in [-0.1, -0.05) is 117 Å². The number of carbonyl (C=O) groups excluding carboxylic acids is 1. The largest absolute Gasteiger partial charge is 0.487 e. The molecule has 2 aliphatic carbocycles. The predicted molar refractivity (Wildman–Crippen MR) is 189 cm³/mol. The van der Waals surface area contributed by atoms with E-state index in [4.69, 9.17) is 9.47 Å². The lowest BCUT2D eigenvalue weighted by atomic mass is 9.61. The topological polar surface area (TPSA) is 55.8 Å². The van der Waals surface area contributed by atoms with Gasteiger partial charge in [-0.3, -0.25) is 4.79 Å². The average Bonchev–Trinajstić information content (AvgIpc) is 3.42. The molecule has 0 aromatic heterocycles. The van der Waals surface area contributed by atoms with Crippen LogP contribution >= 0.6 is 0 Å². The van der Waals surface area contributed by atoms with Gasteiger partial charge < -0.3 is 14.6 Å². The number of aliphatic hydroxyl groups is 1. The maximum absolute atomic E-state index is 12.3. The Hall–Kier alpha value is -3.21. The van der Waals surface area contributed by atoms with E-state index < -0.39 is 0 Å². The third kappa shape index (κ3) is 9.40. The number of fused-ring (bicyclic) bond motifs is 1. The molecule has 1 N–H and O–H groups in total. The van der Waals surface area contributed by atoms with Crippen LogP contribution in [0, 0.1) is 16.7 Å². The van der Waals surface area contributed by atoms with Crippen molar-refractivity contribution in [3.05, 3.63) is 118 Å². The zero-order valence-corrected chi connectivity index (χ0v) is 29.5. The van der Waals surface area contributed by atoms with Gasteiger partial charge in [-0.05, 0) is 82.4 Å². The molecule has 1 fully saturated rings. The Morgan fingerprint density at radius 3 is 1.96 bits per heavy atom. The first kappa shape index (κ1) is 36.3. The second-order valence-electron chi connectivity index (χ2n) is 14.7. The molecule has 0 bridgehead atoms. The Balaban J connectivity index is 1.55. The number of allylic oxidation sites excluding steroid dienone is 17. The van der Waals surface area contributed by atoms with E-state index in [0.29, 0.717) is 12.3 Å². The number of aliphatic hydroxyl groups excluding tert-OH is 1. The number of hydrogen-bond donors (Lipinski definition) is 1. The van der Waals surface area contributed by atoms with E-state index in [-0.39, 0.29) is 34.4 Å². The Morgan fingerprint density at radius 2 is 1.38 bits per heavy atom. The maximum Gasteiger partial charge on any atom is 0.158 e. The minimum atomic E-state index is -0.344. The van der Waals surface area contributed by atoms with Crippen LogP contribution in [0.25, 0.3) is 0 Å². The molecule has 0 saturated heterocycles. The quantitative estimate of drug-likeness (QED) is 0.236. The molecule has 1 saturated carbocycles. The number of Topliss-reactive ketones (excluding diaryl/α,β-unsaturated/α-hetero) is 1. The van der Waals surface area contributed by atoms with Crippen molar-refractivity contribution in [3.63, 3.8) is 0 Å². The first-order valence-corrected chi connectivity index (χ1v) is 16.3. The maximum atomic E-state index is 12.3. The Morgan fingerprint density at radius 1 is 0.822 bits per heavy atom. The molecule has 4 atom stereocenters. The van der Waals surface area contributed by atoms with Crippen LogP contribution in [0.3, 0.4) is 0 Å². The molecular formula is C41H56O4. The number of methoxy groups -OCH3 is 1. The van der Waals surface area contributed by atoms with Crippen LogP contribution in [0.2, 0.25) is 0 Å². The summed E-state index contributed by atoms with van der Waals surface area (Å²) in [6.45, 7) is 20.9. The summed E-state index contributed by atoms with van der Waals surface area (Å²) in [5.41, 5.74) is 5.95. The minimum absolute atomic E-state index is 0.00760. The van der Waals surface area contributed by atoms with Crippen molar-refractivity contribution in [1.82, 2.24) is 0 Å². The van der Waals surface area contributed by atoms with E-state index >= 15 is 0 Å². The van der Waals surface area contributed by atoms with E-state index in [1.54, 1.807) is 14.0 Å². The minimum Gasteiger partial charge on any atom is -0.487 e. The smallest absolute Gasteiger partial charge is 0.158 e. The van der Waals surface area contributed by atoms with E-state index in [0.717, 1.165) is 52.0 Å². The standard InChI is InChI=1S/C41H56O4/c1-28(18-14-19-30(3)22-23-34-38(32(5)42)36(44-11)27-39(34,6)7)16-12-13-17-29(2)20-15-21-31(4)35-24-37-40(8,9)25-33(43)26-41(37,10)45-35/h12-24,33,36-37,43H,25-27H2,1-11H3/b13-12+,18-14+,20-15+,23-22+,28-16+,29-17+,30-19+,31-21+/t33-,36+,37-,41+/m0/s1. The van der Waals surface area contributed by atoms with Gasteiger partial charge in [0.2, 0.25) is 0 Å². The van der Waals surface area contributed by atoms with E-state index in [1.807, 2.05) is 0 Å². The van der Waals surface area contributed by atoms with E-state index in [2.05, 4.69) is 141 Å². The number of hydrogen-bond acceptors (Lipinski definition) is 4. The number of carbonyl (C=O) groups is 1. The lowest BCUT2D eigenvalue weighted by molar-refractivity contribution is -0.114. The van der Waals surface area contributed by atoms with Gasteiger partial charge in [0.15, 0.2) is 5.78 Å². The molecule has 0 aromatic carbocycles. The molecule has 0 unspecified atom stereocenters. The van der Waals surface area contributed by atoms with Gasteiger partial charge in [-0.2, -0.15) is 0 Å². The zero-order chi connectivity index (χ0) is 33.6. The van der Waals surface area contributed by atoms with E-state index in [1.165, 1.54) is 0 Å². The summed E-state index contributed by atoms with van der Waals surface area (Å²) < 4.78 is 12.0. The third-order valence-corrected chi connectivity index (χ3v) is 9.42. The lowest BCUT2D eigenvalue weighted by Crippen LogP contribution is -2.49. The van der Waals surface area contributed by atoms with Gasteiger partial charge in [0, 0.05) is 25.0 Å². The number of ether oxygens (including phenoxy) is 2. The van der Waals surface area contributed by atoms with Crippen molar-refractivity contribution in [2.45, 2.75) is 106 Å². The van der Waals surface area contributed by atoms with Crippen molar-refractivity contribution in [1.29, 1.82) is 0 Å². The Bertz CT molecular complexity index is 1430. The summed E-state index contributed by atoms with van der Waals surface area (Å²) in [6.07, 6.45) is 29.0. The highest BCUT2D eigenvalue weighted by Crippen LogP contribution is 2.53. The first-order valence-electron chi connectivity index (χ1n) is 16.3. The first-order chi connectivity index (χ1) is 21.0. The Kier molecular flexibility index (Phi) is 12.0. The number of rotatable bonds is 11. The summed E-state index contributed by atoms with van der Waals surface area (Å²) in [7, 11) is 1.68. The zero-order valence-electron chi connectivity index (χ0n) is 29.5. The summed E-state index contributed by atoms with van der Waals surface area (Å²) >= 11 is 0. The fraction of sp³-hybridized carbons (Fsp3) is 0.488. The summed E-state index contributed by atoms with van der Waals surface area (Å²) in [5, 5.41) is 10.4. The Labute approximate surface area is 273 Å².